The Morgan fingerprint density at radius 1 is 1.18 bits per heavy atom. The quantitative estimate of drug-likeness (QED) is 0.890. The van der Waals surface area contributed by atoms with Gasteiger partial charge in [-0.2, -0.15) is 0 Å². The van der Waals surface area contributed by atoms with Crippen LogP contribution in [0.25, 0.3) is 0 Å². The van der Waals surface area contributed by atoms with Crippen LogP contribution in [0.15, 0.2) is 53.6 Å². The van der Waals surface area contributed by atoms with Crippen LogP contribution in [-0.2, 0) is 10.0 Å². The van der Waals surface area contributed by atoms with Gasteiger partial charge in [-0.1, -0.05) is 18.2 Å². The molecule has 6 heteroatoms. The Hall–Kier alpha value is -2.08. The predicted molar refractivity (Wildman–Crippen MR) is 87.5 cm³/mol. The monoisotopic (exact) mass is 317 g/mol. The van der Waals surface area contributed by atoms with Crippen LogP contribution >= 0.6 is 0 Å². The van der Waals surface area contributed by atoms with E-state index in [9.17, 15) is 8.42 Å². The molecule has 1 heterocycles. The summed E-state index contributed by atoms with van der Waals surface area (Å²) in [6.07, 6.45) is 3.73. The molecule has 0 radical (unpaired) electrons. The second-order valence-electron chi connectivity index (χ2n) is 5.30. The number of hydrogen-bond acceptors (Lipinski definition) is 4. The van der Waals surface area contributed by atoms with Crippen molar-refractivity contribution in [2.75, 3.05) is 16.2 Å². The molecule has 1 N–H and O–H groups in total. The molecule has 1 aliphatic carbocycles. The minimum Gasteiger partial charge on any atom is -0.367 e. The summed E-state index contributed by atoms with van der Waals surface area (Å²) in [5.74, 6) is 0.726. The molecule has 0 atom stereocenters. The minimum atomic E-state index is -3.59. The van der Waals surface area contributed by atoms with E-state index < -0.39 is 10.0 Å². The number of aromatic nitrogens is 1. The van der Waals surface area contributed by atoms with Gasteiger partial charge in [0.25, 0.3) is 10.0 Å². The summed E-state index contributed by atoms with van der Waals surface area (Å²) in [6, 6.07) is 12.9. The van der Waals surface area contributed by atoms with Crippen molar-refractivity contribution >= 4 is 21.5 Å². The maximum atomic E-state index is 12.8. The van der Waals surface area contributed by atoms with E-state index in [0.717, 1.165) is 18.7 Å². The first-order valence-corrected chi connectivity index (χ1v) is 8.85. The molecule has 1 fully saturated rings. The van der Waals surface area contributed by atoms with Crippen LogP contribution < -0.4 is 9.62 Å². The lowest BCUT2D eigenvalue weighted by molar-refractivity contribution is 0.591. The zero-order valence-corrected chi connectivity index (χ0v) is 13.3. The number of nitrogens with zero attached hydrogens (tertiary/aromatic N) is 2. The first-order valence-electron chi connectivity index (χ1n) is 7.41. The van der Waals surface area contributed by atoms with E-state index in [4.69, 9.17) is 0 Å². The van der Waals surface area contributed by atoms with Crippen molar-refractivity contribution in [2.45, 2.75) is 30.7 Å². The Morgan fingerprint density at radius 3 is 2.45 bits per heavy atom. The highest BCUT2D eigenvalue weighted by atomic mass is 32.2. The molecule has 1 saturated carbocycles. The van der Waals surface area contributed by atoms with Crippen LogP contribution in [0.4, 0.5) is 11.5 Å². The zero-order chi connectivity index (χ0) is 15.6. The first-order chi connectivity index (χ1) is 10.6. The van der Waals surface area contributed by atoms with Crippen molar-refractivity contribution in [3.63, 3.8) is 0 Å². The smallest absolute Gasteiger partial charge is 0.265 e. The van der Waals surface area contributed by atoms with Gasteiger partial charge in [0.15, 0.2) is 0 Å². The third-order valence-corrected chi connectivity index (χ3v) is 5.47. The van der Waals surface area contributed by atoms with Gasteiger partial charge in [0.2, 0.25) is 0 Å². The fraction of sp³-hybridized carbons (Fsp3) is 0.312. The maximum Gasteiger partial charge on any atom is 0.265 e. The lowest BCUT2D eigenvalue weighted by Gasteiger charge is -2.22. The molecule has 0 bridgehead atoms. The van der Waals surface area contributed by atoms with Crippen LogP contribution in [0.5, 0.6) is 0 Å². The van der Waals surface area contributed by atoms with E-state index in [-0.39, 0.29) is 4.90 Å². The van der Waals surface area contributed by atoms with Crippen LogP contribution in [0.2, 0.25) is 0 Å². The molecule has 0 amide bonds. The molecule has 1 aromatic heterocycles. The van der Waals surface area contributed by atoms with Gasteiger partial charge in [0.05, 0.1) is 5.69 Å². The minimum absolute atomic E-state index is 0.208. The lowest BCUT2D eigenvalue weighted by atomic mass is 10.3. The Morgan fingerprint density at radius 2 is 1.91 bits per heavy atom. The highest BCUT2D eigenvalue weighted by Gasteiger charge is 2.25. The fourth-order valence-electron chi connectivity index (χ4n) is 2.27. The SMILES string of the molecule is CCN(c1ccccc1)S(=O)(=O)c1ccc(NC2CC2)nc1. The normalized spacial score (nSPS) is 14.6. The third-order valence-electron chi connectivity index (χ3n) is 3.59. The molecule has 0 unspecified atom stereocenters. The number of para-hydroxylation sites is 1. The Bertz CT molecular complexity index is 726. The van der Waals surface area contributed by atoms with Gasteiger partial charge in [-0.3, -0.25) is 4.31 Å². The molecule has 2 aromatic rings. The van der Waals surface area contributed by atoms with Crippen LogP contribution in [0, 0.1) is 0 Å². The molecular formula is C16H19N3O2S. The molecule has 1 aliphatic rings. The predicted octanol–water partition coefficient (Wildman–Crippen LogP) is 2.87. The maximum absolute atomic E-state index is 12.8. The average molecular weight is 317 g/mol. The van der Waals surface area contributed by atoms with Gasteiger partial charge in [-0.15, -0.1) is 0 Å². The van der Waals surface area contributed by atoms with Crippen LogP contribution in [0.3, 0.4) is 0 Å². The molecule has 116 valence electrons. The van der Waals surface area contributed by atoms with Crippen LogP contribution in [-0.4, -0.2) is 26.0 Å². The lowest BCUT2D eigenvalue weighted by Crippen LogP contribution is -2.30. The molecule has 0 saturated heterocycles. The molecule has 0 spiro atoms. The highest BCUT2D eigenvalue weighted by Crippen LogP contribution is 2.26. The zero-order valence-electron chi connectivity index (χ0n) is 12.4. The molecule has 0 aliphatic heterocycles. The second kappa shape index (κ2) is 5.96. The van der Waals surface area contributed by atoms with Crippen molar-refractivity contribution in [3.05, 3.63) is 48.7 Å². The topological polar surface area (TPSA) is 62.3 Å². The number of nitrogens with one attached hydrogen (secondary N) is 1. The summed E-state index contributed by atoms with van der Waals surface area (Å²) in [4.78, 5) is 4.43. The third kappa shape index (κ3) is 3.06. The Labute approximate surface area is 131 Å². The van der Waals surface area contributed by atoms with Gasteiger partial charge in [-0.25, -0.2) is 13.4 Å². The van der Waals surface area contributed by atoms with Crippen molar-refractivity contribution in [1.29, 1.82) is 0 Å². The van der Waals surface area contributed by atoms with Crippen LogP contribution in [0.1, 0.15) is 19.8 Å². The van der Waals surface area contributed by atoms with Gasteiger partial charge >= 0.3 is 0 Å². The summed E-state index contributed by atoms with van der Waals surface area (Å²) in [6.45, 7) is 2.19. The van der Waals surface area contributed by atoms with Crippen molar-refractivity contribution in [1.82, 2.24) is 4.98 Å². The van der Waals surface area contributed by atoms with E-state index >= 15 is 0 Å². The molecule has 3 rings (SSSR count). The van der Waals surface area contributed by atoms with E-state index in [2.05, 4.69) is 10.3 Å². The summed E-state index contributed by atoms with van der Waals surface area (Å²) < 4.78 is 26.9. The van der Waals surface area contributed by atoms with Crippen molar-refractivity contribution in [3.8, 4) is 0 Å². The van der Waals surface area contributed by atoms with E-state index in [0.29, 0.717) is 18.3 Å². The average Bonchev–Trinajstić information content (AvgIpc) is 3.33. The fourth-order valence-corrected chi connectivity index (χ4v) is 3.69. The number of benzene rings is 1. The Kier molecular flexibility index (Phi) is 4.02. The highest BCUT2D eigenvalue weighted by molar-refractivity contribution is 7.92. The van der Waals surface area contributed by atoms with Gasteiger partial charge < -0.3 is 5.32 Å². The molecular weight excluding hydrogens is 298 g/mol. The number of pyridine rings is 1. The number of sulfonamides is 1. The van der Waals surface area contributed by atoms with Gasteiger partial charge in [-0.05, 0) is 44.0 Å². The largest absolute Gasteiger partial charge is 0.367 e. The Balaban J connectivity index is 1.87. The second-order valence-corrected chi connectivity index (χ2v) is 7.17. The van der Waals surface area contributed by atoms with E-state index in [1.54, 1.807) is 24.3 Å². The van der Waals surface area contributed by atoms with Gasteiger partial charge in [0, 0.05) is 18.8 Å². The van der Waals surface area contributed by atoms with Crippen molar-refractivity contribution < 1.29 is 8.42 Å². The summed E-state index contributed by atoms with van der Waals surface area (Å²) in [5.41, 5.74) is 0.658. The molecule has 1 aromatic carbocycles. The number of hydrogen-bond donors (Lipinski definition) is 1. The summed E-state index contributed by atoms with van der Waals surface area (Å²) in [7, 11) is -3.59. The number of anilines is 2. The standard InChI is InChI=1S/C16H19N3O2S/c1-2-19(14-6-4-3-5-7-14)22(20,21)15-10-11-16(17-12-15)18-13-8-9-13/h3-7,10-13H,2,8-9H2,1H3,(H,17,18). The van der Waals surface area contributed by atoms with E-state index in [1.807, 2.05) is 25.1 Å². The number of rotatable bonds is 6. The molecule has 22 heavy (non-hydrogen) atoms. The van der Waals surface area contributed by atoms with Gasteiger partial charge in [0.1, 0.15) is 10.7 Å². The summed E-state index contributed by atoms with van der Waals surface area (Å²) >= 11 is 0. The molecule has 5 nitrogen and oxygen atoms in total. The van der Waals surface area contributed by atoms with E-state index in [1.165, 1.54) is 10.5 Å². The van der Waals surface area contributed by atoms with Crippen molar-refractivity contribution in [2.24, 2.45) is 0 Å². The summed E-state index contributed by atoms with van der Waals surface area (Å²) in [5, 5.41) is 3.25. The first kappa shape index (κ1) is 14.8.